The van der Waals surface area contributed by atoms with Gasteiger partial charge < -0.3 is 0 Å². The van der Waals surface area contributed by atoms with Gasteiger partial charge in [0.15, 0.2) is 0 Å². The van der Waals surface area contributed by atoms with E-state index in [0.29, 0.717) is 12.2 Å². The molecule has 3 nitrogen and oxygen atoms in total. The fourth-order valence-corrected chi connectivity index (χ4v) is 6.14. The summed E-state index contributed by atoms with van der Waals surface area (Å²) in [6.07, 6.45) is 8.19. The summed E-state index contributed by atoms with van der Waals surface area (Å²) >= 11 is 3.60. The topological polar surface area (TPSA) is 34.9 Å². The summed E-state index contributed by atoms with van der Waals surface area (Å²) in [6, 6.07) is 0. The highest BCUT2D eigenvalue weighted by atomic mass is 79.9. The Morgan fingerprint density at radius 1 is 1.24 bits per heavy atom. The molecule has 4 heteroatoms. The number of rotatable bonds is 3. The molecule has 4 saturated carbocycles. The van der Waals surface area contributed by atoms with Crippen LogP contribution in [0.3, 0.4) is 0 Å². The van der Waals surface area contributed by atoms with Crippen LogP contribution in [0.4, 0.5) is 0 Å². The summed E-state index contributed by atoms with van der Waals surface area (Å²) in [6.45, 7) is 1.99. The fourth-order valence-electron chi connectivity index (χ4n) is 5.66. The van der Waals surface area contributed by atoms with Crippen molar-refractivity contribution < 1.29 is 4.79 Å². The third kappa shape index (κ3) is 2.13. The number of hydrogen-bond donors (Lipinski definition) is 0. The number of carbonyl (C=O) groups excluding carboxylic acids is 1. The minimum atomic E-state index is 0.00631. The zero-order valence-electron chi connectivity index (χ0n) is 12.9. The van der Waals surface area contributed by atoms with E-state index in [4.69, 9.17) is 0 Å². The first-order valence-corrected chi connectivity index (χ1v) is 8.97. The van der Waals surface area contributed by atoms with Crippen LogP contribution < -0.4 is 0 Å². The molecule has 0 radical (unpaired) electrons. The predicted octanol–water partition coefficient (Wildman–Crippen LogP) is 3.82. The number of carbonyl (C=O) groups is 1. The number of nitrogens with zero attached hydrogens (tertiary/aromatic N) is 2. The van der Waals surface area contributed by atoms with Crippen molar-refractivity contribution in [3.8, 4) is 0 Å². The van der Waals surface area contributed by atoms with Crippen molar-refractivity contribution in [3.63, 3.8) is 0 Å². The highest BCUT2D eigenvalue weighted by Crippen LogP contribution is 2.60. The van der Waals surface area contributed by atoms with Crippen molar-refractivity contribution in [1.82, 2.24) is 9.78 Å². The zero-order chi connectivity index (χ0) is 14.8. The Morgan fingerprint density at radius 3 is 2.19 bits per heavy atom. The standard InChI is InChI=1S/C17H23BrN2O/c1-10-16(18)14(20(2)19-10)6-15(21)17-7-11-3-12(8-17)5-13(4-11)9-17/h11-13H,3-9H2,1-2H3. The van der Waals surface area contributed by atoms with Crippen molar-refractivity contribution in [2.24, 2.45) is 30.2 Å². The minimum Gasteiger partial charge on any atom is -0.299 e. The van der Waals surface area contributed by atoms with Gasteiger partial charge in [-0.25, -0.2) is 0 Å². The Morgan fingerprint density at radius 2 is 1.76 bits per heavy atom. The second kappa shape index (κ2) is 4.68. The average molecular weight is 351 g/mol. The van der Waals surface area contributed by atoms with Crippen molar-refractivity contribution in [2.45, 2.75) is 51.9 Å². The number of halogens is 1. The summed E-state index contributed by atoms with van der Waals surface area (Å²) in [5.74, 6) is 2.97. The van der Waals surface area contributed by atoms with Crippen LogP contribution in [0.25, 0.3) is 0 Å². The molecule has 0 unspecified atom stereocenters. The van der Waals surface area contributed by atoms with Gasteiger partial charge in [0.05, 0.1) is 22.3 Å². The lowest BCUT2D eigenvalue weighted by atomic mass is 9.48. The third-order valence-corrected chi connectivity index (χ3v) is 7.25. The van der Waals surface area contributed by atoms with Crippen LogP contribution in [0, 0.1) is 30.1 Å². The van der Waals surface area contributed by atoms with E-state index in [0.717, 1.165) is 52.9 Å². The van der Waals surface area contributed by atoms with Crippen LogP contribution in [0.15, 0.2) is 4.47 Å². The highest BCUT2D eigenvalue weighted by molar-refractivity contribution is 9.10. The zero-order valence-corrected chi connectivity index (χ0v) is 14.4. The molecule has 1 aromatic heterocycles. The van der Waals surface area contributed by atoms with Gasteiger partial charge in [0.1, 0.15) is 5.78 Å². The lowest BCUT2D eigenvalue weighted by Crippen LogP contribution is -2.50. The molecule has 0 N–H and O–H groups in total. The van der Waals surface area contributed by atoms with Crippen LogP contribution in [0.2, 0.25) is 0 Å². The molecule has 0 saturated heterocycles. The van der Waals surface area contributed by atoms with E-state index in [9.17, 15) is 4.79 Å². The molecule has 4 fully saturated rings. The van der Waals surface area contributed by atoms with Gasteiger partial charge in [-0.1, -0.05) is 0 Å². The van der Waals surface area contributed by atoms with Gasteiger partial charge >= 0.3 is 0 Å². The number of Topliss-reactive ketones (excluding diaryl/α,β-unsaturated/α-hetero) is 1. The lowest BCUT2D eigenvalue weighted by Gasteiger charge is -2.56. The fraction of sp³-hybridized carbons (Fsp3) is 0.765. The first kappa shape index (κ1) is 14.0. The third-order valence-electron chi connectivity index (χ3n) is 6.22. The Labute approximate surface area is 134 Å². The van der Waals surface area contributed by atoms with E-state index >= 15 is 0 Å². The van der Waals surface area contributed by atoms with Crippen molar-refractivity contribution in [2.75, 3.05) is 0 Å². The Hall–Kier alpha value is -0.640. The largest absolute Gasteiger partial charge is 0.299 e. The van der Waals surface area contributed by atoms with Gasteiger partial charge in [-0.3, -0.25) is 9.48 Å². The molecule has 0 aliphatic heterocycles. The molecule has 4 aliphatic carbocycles. The number of aromatic nitrogens is 2. The monoisotopic (exact) mass is 350 g/mol. The number of ketones is 1. The van der Waals surface area contributed by atoms with Crippen LogP contribution >= 0.6 is 15.9 Å². The maximum atomic E-state index is 13.1. The molecule has 114 valence electrons. The smallest absolute Gasteiger partial charge is 0.145 e. The van der Waals surface area contributed by atoms with Crippen molar-refractivity contribution >= 4 is 21.7 Å². The molecule has 4 bridgehead atoms. The number of hydrogen-bond acceptors (Lipinski definition) is 2. The molecule has 5 rings (SSSR count). The first-order valence-electron chi connectivity index (χ1n) is 8.18. The van der Waals surface area contributed by atoms with Crippen LogP contribution in [0.5, 0.6) is 0 Å². The quantitative estimate of drug-likeness (QED) is 0.830. The van der Waals surface area contributed by atoms with E-state index in [1.54, 1.807) is 0 Å². The summed E-state index contributed by atoms with van der Waals surface area (Å²) < 4.78 is 2.89. The molecule has 1 heterocycles. The number of aryl methyl sites for hydroxylation is 2. The molecule has 0 spiro atoms. The Kier molecular flexibility index (Phi) is 3.11. The second-order valence-corrected chi connectivity index (χ2v) is 8.56. The first-order chi connectivity index (χ1) is 9.97. The maximum absolute atomic E-state index is 13.1. The molecule has 21 heavy (non-hydrogen) atoms. The lowest BCUT2D eigenvalue weighted by molar-refractivity contribution is -0.143. The average Bonchev–Trinajstić information content (AvgIpc) is 2.64. The summed E-state index contributed by atoms with van der Waals surface area (Å²) in [4.78, 5) is 13.1. The Balaban J connectivity index is 1.60. The van der Waals surface area contributed by atoms with E-state index in [-0.39, 0.29) is 5.41 Å². The van der Waals surface area contributed by atoms with E-state index in [2.05, 4.69) is 21.0 Å². The molecule has 0 atom stereocenters. The van der Waals surface area contributed by atoms with Crippen molar-refractivity contribution in [1.29, 1.82) is 0 Å². The maximum Gasteiger partial charge on any atom is 0.145 e. The van der Waals surface area contributed by atoms with Gasteiger partial charge in [-0.2, -0.15) is 5.10 Å². The van der Waals surface area contributed by atoms with Crippen LogP contribution in [-0.2, 0) is 18.3 Å². The molecular formula is C17H23BrN2O. The molecule has 0 amide bonds. The van der Waals surface area contributed by atoms with Crippen LogP contribution in [0.1, 0.15) is 49.9 Å². The normalized spacial score (nSPS) is 37.2. The molecule has 0 aromatic carbocycles. The molecule has 1 aromatic rings. The predicted molar refractivity (Wildman–Crippen MR) is 85.0 cm³/mol. The van der Waals surface area contributed by atoms with E-state index in [1.165, 1.54) is 19.3 Å². The van der Waals surface area contributed by atoms with E-state index in [1.807, 2.05) is 18.7 Å². The van der Waals surface area contributed by atoms with Gasteiger partial charge in [0.25, 0.3) is 0 Å². The van der Waals surface area contributed by atoms with Crippen LogP contribution in [-0.4, -0.2) is 15.6 Å². The van der Waals surface area contributed by atoms with Gasteiger partial charge in [0, 0.05) is 12.5 Å². The molecular weight excluding hydrogens is 328 g/mol. The van der Waals surface area contributed by atoms with E-state index < -0.39 is 0 Å². The highest BCUT2D eigenvalue weighted by Gasteiger charge is 2.54. The van der Waals surface area contributed by atoms with Gasteiger partial charge in [-0.05, 0) is 79.1 Å². The van der Waals surface area contributed by atoms with Gasteiger partial charge in [-0.15, -0.1) is 0 Å². The van der Waals surface area contributed by atoms with Crippen molar-refractivity contribution in [3.05, 3.63) is 15.9 Å². The SMILES string of the molecule is Cc1nn(C)c(CC(=O)C23CC4CC(CC(C4)C2)C3)c1Br. The summed E-state index contributed by atoms with van der Waals surface area (Å²) in [5.41, 5.74) is 2.03. The van der Waals surface area contributed by atoms with Gasteiger partial charge in [0.2, 0.25) is 0 Å². The summed E-state index contributed by atoms with van der Waals surface area (Å²) in [5, 5.41) is 4.43. The summed E-state index contributed by atoms with van der Waals surface area (Å²) in [7, 11) is 1.94. The Bertz CT molecular complexity index is 569. The minimum absolute atomic E-state index is 0.00631. The second-order valence-electron chi connectivity index (χ2n) is 7.77. The molecule has 4 aliphatic rings.